The number of ketones is 1. The van der Waals surface area contributed by atoms with Gasteiger partial charge in [0, 0.05) is 17.6 Å². The lowest BCUT2D eigenvalue weighted by Crippen LogP contribution is -1.99. The van der Waals surface area contributed by atoms with Crippen LogP contribution in [0.5, 0.6) is 11.5 Å². The molecule has 5 nitrogen and oxygen atoms in total. The monoisotopic (exact) mass is 348 g/mol. The highest BCUT2D eigenvalue weighted by Crippen LogP contribution is 2.26. The van der Waals surface area contributed by atoms with Gasteiger partial charge < -0.3 is 9.47 Å². The minimum atomic E-state index is -0.189. The van der Waals surface area contributed by atoms with Gasteiger partial charge >= 0.3 is 0 Å². The van der Waals surface area contributed by atoms with E-state index in [2.05, 4.69) is 4.98 Å². The van der Waals surface area contributed by atoms with Crippen molar-refractivity contribution >= 4 is 39.8 Å². The number of imidazole rings is 1. The van der Waals surface area contributed by atoms with Gasteiger partial charge in [0.2, 0.25) is 0 Å². The van der Waals surface area contributed by atoms with Gasteiger partial charge in [0.05, 0.1) is 25.5 Å². The van der Waals surface area contributed by atoms with E-state index in [1.165, 1.54) is 24.5 Å². The number of ether oxygens (including phenoxy) is 2. The molecule has 0 N–H and O–H groups in total. The molecule has 3 rings (SSSR count). The highest BCUT2D eigenvalue weighted by atomic mass is 35.5. The minimum absolute atomic E-state index is 0.189. The summed E-state index contributed by atoms with van der Waals surface area (Å²) >= 11 is 7.59. The number of halogens is 1. The maximum absolute atomic E-state index is 12.4. The zero-order valence-corrected chi connectivity index (χ0v) is 14.0. The van der Waals surface area contributed by atoms with E-state index in [4.69, 9.17) is 21.1 Å². The van der Waals surface area contributed by atoms with E-state index in [1.807, 2.05) is 16.0 Å². The normalized spacial score (nSPS) is 11.3. The second-order valence-corrected chi connectivity index (χ2v) is 5.84. The summed E-state index contributed by atoms with van der Waals surface area (Å²) in [6.07, 6.45) is 4.97. The molecule has 0 saturated carbocycles. The molecule has 0 aliphatic rings. The summed E-state index contributed by atoms with van der Waals surface area (Å²) in [5, 5.41) is 2.27. The fourth-order valence-corrected chi connectivity index (χ4v) is 3.18. The van der Waals surface area contributed by atoms with E-state index < -0.39 is 0 Å². The number of hydrogen-bond acceptors (Lipinski definition) is 5. The molecule has 0 aliphatic carbocycles. The van der Waals surface area contributed by atoms with Gasteiger partial charge in [0.1, 0.15) is 11.5 Å². The largest absolute Gasteiger partial charge is 0.497 e. The van der Waals surface area contributed by atoms with Crippen LogP contribution in [0.2, 0.25) is 5.15 Å². The quantitative estimate of drug-likeness (QED) is 0.517. The lowest BCUT2D eigenvalue weighted by molar-refractivity contribution is 0.104. The third kappa shape index (κ3) is 2.95. The second-order valence-electron chi connectivity index (χ2n) is 4.61. The van der Waals surface area contributed by atoms with E-state index in [0.29, 0.717) is 27.9 Å². The molecule has 0 aliphatic heterocycles. The van der Waals surface area contributed by atoms with Gasteiger partial charge in [-0.1, -0.05) is 11.6 Å². The van der Waals surface area contributed by atoms with Crippen LogP contribution in [0.15, 0.2) is 35.9 Å². The highest BCUT2D eigenvalue weighted by molar-refractivity contribution is 7.15. The summed E-state index contributed by atoms with van der Waals surface area (Å²) < 4.78 is 12.2. The van der Waals surface area contributed by atoms with E-state index in [9.17, 15) is 4.79 Å². The predicted octanol–water partition coefficient (Wildman–Crippen LogP) is 3.96. The Morgan fingerprint density at radius 2 is 2.17 bits per heavy atom. The maximum atomic E-state index is 12.4. The third-order valence-electron chi connectivity index (χ3n) is 3.32. The highest BCUT2D eigenvalue weighted by Gasteiger charge is 2.13. The van der Waals surface area contributed by atoms with E-state index in [1.54, 1.807) is 31.4 Å². The first-order valence-corrected chi connectivity index (χ1v) is 7.95. The fraction of sp³-hybridized carbons (Fsp3) is 0.125. The fourth-order valence-electron chi connectivity index (χ4n) is 2.17. The molecule has 2 aromatic heterocycles. The van der Waals surface area contributed by atoms with E-state index in [-0.39, 0.29) is 5.78 Å². The number of benzene rings is 1. The van der Waals surface area contributed by atoms with Crippen molar-refractivity contribution in [3.05, 3.63) is 52.3 Å². The van der Waals surface area contributed by atoms with Crippen molar-refractivity contribution in [1.29, 1.82) is 0 Å². The molecule has 3 aromatic rings. The lowest BCUT2D eigenvalue weighted by atomic mass is 10.1. The topological polar surface area (TPSA) is 52.8 Å². The first kappa shape index (κ1) is 15.6. The van der Waals surface area contributed by atoms with Gasteiger partial charge in [0.25, 0.3) is 0 Å². The van der Waals surface area contributed by atoms with Gasteiger partial charge in [-0.15, -0.1) is 11.3 Å². The van der Waals surface area contributed by atoms with Gasteiger partial charge in [-0.2, -0.15) is 0 Å². The number of carbonyl (C=O) groups is 1. The average molecular weight is 349 g/mol. The molecule has 0 radical (unpaired) electrons. The number of fused-ring (bicyclic) bond motifs is 1. The number of methoxy groups -OCH3 is 2. The van der Waals surface area contributed by atoms with Crippen molar-refractivity contribution in [2.24, 2.45) is 0 Å². The van der Waals surface area contributed by atoms with Crippen molar-refractivity contribution in [3.8, 4) is 11.5 Å². The molecule has 0 unspecified atom stereocenters. The maximum Gasteiger partial charge on any atom is 0.195 e. The van der Waals surface area contributed by atoms with Crippen LogP contribution in [-0.2, 0) is 0 Å². The standard InChI is InChI=1S/C16H13ClN2O3S/c1-21-10-3-4-11(14(9-10)22-2)13(20)6-5-12-15(17)18-16-19(12)7-8-23-16/h3-9H,1-2H3/b6-5+. The Balaban J connectivity index is 1.92. The third-order valence-corrected chi connectivity index (χ3v) is 4.36. The summed E-state index contributed by atoms with van der Waals surface area (Å²) in [5.74, 6) is 0.894. The first-order valence-electron chi connectivity index (χ1n) is 6.69. The summed E-state index contributed by atoms with van der Waals surface area (Å²) in [6, 6.07) is 5.05. The number of aromatic nitrogens is 2. The van der Waals surface area contributed by atoms with Crippen LogP contribution in [0.4, 0.5) is 0 Å². The van der Waals surface area contributed by atoms with Gasteiger partial charge in [-0.05, 0) is 24.3 Å². The number of thiazole rings is 1. The Morgan fingerprint density at radius 3 is 2.91 bits per heavy atom. The Morgan fingerprint density at radius 1 is 1.35 bits per heavy atom. The average Bonchev–Trinajstić information content (AvgIpc) is 3.12. The summed E-state index contributed by atoms with van der Waals surface area (Å²) in [4.78, 5) is 17.4. The zero-order chi connectivity index (χ0) is 16.4. The van der Waals surface area contributed by atoms with Gasteiger partial charge in [-0.3, -0.25) is 9.20 Å². The molecule has 2 heterocycles. The van der Waals surface area contributed by atoms with Crippen molar-refractivity contribution in [3.63, 3.8) is 0 Å². The van der Waals surface area contributed by atoms with Crippen LogP contribution in [0.3, 0.4) is 0 Å². The van der Waals surface area contributed by atoms with Gasteiger partial charge in [0.15, 0.2) is 15.9 Å². The molecular formula is C16H13ClN2O3S. The number of allylic oxidation sites excluding steroid dienone is 1. The molecule has 118 valence electrons. The number of nitrogens with zero attached hydrogens (tertiary/aromatic N) is 2. The Labute approximate surface area is 141 Å². The lowest BCUT2D eigenvalue weighted by Gasteiger charge is -2.07. The predicted molar refractivity (Wildman–Crippen MR) is 91.0 cm³/mol. The van der Waals surface area contributed by atoms with Crippen LogP contribution < -0.4 is 9.47 Å². The Hall–Kier alpha value is -2.31. The van der Waals surface area contributed by atoms with Crippen LogP contribution in [-0.4, -0.2) is 29.4 Å². The Kier molecular flexibility index (Phi) is 4.36. The van der Waals surface area contributed by atoms with Crippen molar-refractivity contribution in [2.45, 2.75) is 0 Å². The molecule has 7 heteroatoms. The van der Waals surface area contributed by atoms with E-state index in [0.717, 1.165) is 4.96 Å². The number of hydrogen-bond donors (Lipinski definition) is 0. The SMILES string of the molecule is COc1ccc(C(=O)/C=C/c2c(Cl)nc3sccn23)c(OC)c1. The van der Waals surface area contributed by atoms with E-state index >= 15 is 0 Å². The van der Waals surface area contributed by atoms with Crippen LogP contribution in [0.25, 0.3) is 11.0 Å². The zero-order valence-electron chi connectivity index (χ0n) is 12.4. The molecule has 0 bridgehead atoms. The van der Waals surface area contributed by atoms with Crippen LogP contribution in [0.1, 0.15) is 16.1 Å². The van der Waals surface area contributed by atoms with Crippen molar-refractivity contribution < 1.29 is 14.3 Å². The molecule has 0 saturated heterocycles. The molecule has 0 atom stereocenters. The molecule has 23 heavy (non-hydrogen) atoms. The summed E-state index contributed by atoms with van der Waals surface area (Å²) in [5.41, 5.74) is 1.12. The summed E-state index contributed by atoms with van der Waals surface area (Å²) in [6.45, 7) is 0. The molecular weight excluding hydrogens is 336 g/mol. The first-order chi connectivity index (χ1) is 11.1. The van der Waals surface area contributed by atoms with Gasteiger partial charge in [-0.25, -0.2) is 4.98 Å². The van der Waals surface area contributed by atoms with Crippen LogP contribution in [0, 0.1) is 0 Å². The number of carbonyl (C=O) groups excluding carboxylic acids is 1. The van der Waals surface area contributed by atoms with Crippen molar-refractivity contribution in [2.75, 3.05) is 14.2 Å². The number of rotatable bonds is 5. The molecule has 0 spiro atoms. The van der Waals surface area contributed by atoms with Crippen molar-refractivity contribution in [1.82, 2.24) is 9.38 Å². The van der Waals surface area contributed by atoms with Crippen LogP contribution >= 0.6 is 22.9 Å². The molecule has 0 fully saturated rings. The molecule has 1 aromatic carbocycles. The Bertz CT molecular complexity index is 898. The smallest absolute Gasteiger partial charge is 0.195 e. The summed E-state index contributed by atoms with van der Waals surface area (Å²) in [7, 11) is 3.07. The second kappa shape index (κ2) is 6.44. The molecule has 0 amide bonds. The minimum Gasteiger partial charge on any atom is -0.497 e.